The van der Waals surface area contributed by atoms with Crippen molar-refractivity contribution in [1.29, 1.82) is 0 Å². The molecule has 26 heavy (non-hydrogen) atoms. The number of hydrogen-bond acceptors (Lipinski definition) is 6. The zero-order valence-electron chi connectivity index (χ0n) is 15.2. The molecule has 0 bridgehead atoms. The van der Waals surface area contributed by atoms with Crippen LogP contribution in [0.15, 0.2) is 6.07 Å². The topological polar surface area (TPSA) is 88.1 Å². The summed E-state index contributed by atoms with van der Waals surface area (Å²) < 4.78 is 11.3. The molecule has 0 aromatic carbocycles. The number of amides is 1. The van der Waals surface area contributed by atoms with Crippen molar-refractivity contribution < 1.29 is 24.2 Å². The summed E-state index contributed by atoms with van der Waals surface area (Å²) in [5.74, 6) is -0.876. The van der Waals surface area contributed by atoms with Crippen LogP contribution in [0.5, 0.6) is 0 Å². The van der Waals surface area contributed by atoms with Crippen LogP contribution in [0.1, 0.15) is 39.9 Å². The minimum Gasteiger partial charge on any atom is -0.480 e. The maximum absolute atomic E-state index is 12.5. The van der Waals surface area contributed by atoms with Gasteiger partial charge < -0.3 is 19.9 Å². The second kappa shape index (κ2) is 8.04. The first-order valence-corrected chi connectivity index (χ1v) is 9.76. The summed E-state index contributed by atoms with van der Waals surface area (Å²) in [6.07, 6.45) is 2.33. The molecule has 1 amide bonds. The molecule has 1 aromatic heterocycles. The highest BCUT2D eigenvalue weighted by atomic mass is 32.1. The Morgan fingerprint density at radius 1 is 1.46 bits per heavy atom. The highest BCUT2D eigenvalue weighted by Crippen LogP contribution is 2.45. The van der Waals surface area contributed by atoms with Crippen LogP contribution in [0.3, 0.4) is 0 Å². The standard InChI is InChI=1S/C18H26N2O5S/c1-12(11-24-2)19-17(23)14-9-13-3-8-25-18(16(13)26-14)4-6-20(7-5-18)10-15(21)22/h9,12H,3-8,10-11H2,1-2H3,(H,19,23)(H,21,22). The number of carboxylic acids is 1. The van der Waals surface area contributed by atoms with E-state index in [0.29, 0.717) is 31.2 Å². The van der Waals surface area contributed by atoms with Crippen molar-refractivity contribution in [1.82, 2.24) is 10.2 Å². The van der Waals surface area contributed by atoms with Crippen LogP contribution in [-0.4, -0.2) is 67.9 Å². The van der Waals surface area contributed by atoms with Gasteiger partial charge in [0.25, 0.3) is 5.91 Å². The fourth-order valence-corrected chi connectivity index (χ4v) is 5.07. The van der Waals surface area contributed by atoms with E-state index in [-0.39, 0.29) is 24.1 Å². The SMILES string of the molecule is COCC(C)NC(=O)c1cc2c(s1)C1(CCN(CC(=O)O)CC1)OCC2. The minimum absolute atomic E-state index is 0.0453. The molecule has 1 unspecified atom stereocenters. The van der Waals surface area contributed by atoms with Gasteiger partial charge in [-0.15, -0.1) is 11.3 Å². The molecule has 1 aromatic rings. The minimum atomic E-state index is -0.800. The molecule has 2 aliphatic rings. The lowest BCUT2D eigenvalue weighted by Gasteiger charge is -2.43. The summed E-state index contributed by atoms with van der Waals surface area (Å²) in [5.41, 5.74) is 0.821. The summed E-state index contributed by atoms with van der Waals surface area (Å²) in [5, 5.41) is 11.9. The van der Waals surface area contributed by atoms with Crippen molar-refractivity contribution in [3.8, 4) is 0 Å². The molecule has 3 rings (SSSR count). The number of nitrogens with zero attached hydrogens (tertiary/aromatic N) is 1. The number of carbonyl (C=O) groups is 2. The Balaban J connectivity index is 1.73. The number of carbonyl (C=O) groups excluding carboxylic acids is 1. The summed E-state index contributed by atoms with van der Waals surface area (Å²) in [6, 6.07) is 1.94. The van der Waals surface area contributed by atoms with Crippen LogP contribution in [0, 0.1) is 0 Å². The van der Waals surface area contributed by atoms with E-state index in [4.69, 9.17) is 14.6 Å². The smallest absolute Gasteiger partial charge is 0.317 e. The fourth-order valence-electron chi connectivity index (χ4n) is 3.76. The van der Waals surface area contributed by atoms with Gasteiger partial charge in [-0.1, -0.05) is 0 Å². The molecular formula is C18H26N2O5S. The van der Waals surface area contributed by atoms with Gasteiger partial charge >= 0.3 is 5.97 Å². The second-order valence-corrected chi connectivity index (χ2v) is 8.11. The first-order valence-electron chi connectivity index (χ1n) is 8.94. The number of carboxylic acid groups (broad SMARTS) is 1. The van der Waals surface area contributed by atoms with Crippen molar-refractivity contribution >= 4 is 23.2 Å². The normalized spacial score (nSPS) is 20.5. The maximum Gasteiger partial charge on any atom is 0.317 e. The molecular weight excluding hydrogens is 356 g/mol. The average Bonchev–Trinajstić information content (AvgIpc) is 3.03. The molecule has 2 N–H and O–H groups in total. The van der Waals surface area contributed by atoms with Crippen molar-refractivity contribution in [2.45, 2.75) is 37.8 Å². The maximum atomic E-state index is 12.5. The molecule has 1 fully saturated rings. The molecule has 3 heterocycles. The van der Waals surface area contributed by atoms with E-state index < -0.39 is 5.97 Å². The molecule has 8 heteroatoms. The Labute approximate surface area is 157 Å². The van der Waals surface area contributed by atoms with Gasteiger partial charge in [0.1, 0.15) is 5.60 Å². The van der Waals surface area contributed by atoms with E-state index in [9.17, 15) is 9.59 Å². The molecule has 144 valence electrons. The highest BCUT2D eigenvalue weighted by molar-refractivity contribution is 7.14. The summed E-state index contributed by atoms with van der Waals surface area (Å²) in [7, 11) is 1.62. The molecule has 0 aliphatic carbocycles. The summed E-state index contributed by atoms with van der Waals surface area (Å²) >= 11 is 1.51. The van der Waals surface area contributed by atoms with E-state index >= 15 is 0 Å². The lowest BCUT2D eigenvalue weighted by Crippen LogP contribution is -2.47. The number of thiophene rings is 1. The Morgan fingerprint density at radius 3 is 2.85 bits per heavy atom. The molecule has 0 saturated carbocycles. The molecule has 1 atom stereocenters. The van der Waals surface area contributed by atoms with Gasteiger partial charge in [-0.3, -0.25) is 14.5 Å². The number of piperidine rings is 1. The molecule has 1 saturated heterocycles. The van der Waals surface area contributed by atoms with Gasteiger partial charge in [-0.05, 0) is 37.8 Å². The van der Waals surface area contributed by atoms with Gasteiger partial charge in [-0.2, -0.15) is 0 Å². The largest absolute Gasteiger partial charge is 0.480 e. The Kier molecular flexibility index (Phi) is 5.96. The van der Waals surface area contributed by atoms with Crippen LogP contribution < -0.4 is 5.32 Å². The second-order valence-electron chi connectivity index (χ2n) is 7.06. The van der Waals surface area contributed by atoms with Crippen LogP contribution in [-0.2, 0) is 26.3 Å². The van der Waals surface area contributed by atoms with Crippen molar-refractivity contribution in [2.75, 3.05) is 40.0 Å². The summed E-state index contributed by atoms with van der Waals surface area (Å²) in [4.78, 5) is 27.2. The Morgan fingerprint density at radius 2 is 2.19 bits per heavy atom. The average molecular weight is 382 g/mol. The Bertz CT molecular complexity index is 667. The van der Waals surface area contributed by atoms with E-state index in [1.165, 1.54) is 16.9 Å². The summed E-state index contributed by atoms with van der Waals surface area (Å²) in [6.45, 7) is 4.48. The number of nitrogens with one attached hydrogen (secondary N) is 1. The molecule has 2 aliphatic heterocycles. The third-order valence-electron chi connectivity index (χ3n) is 5.01. The van der Waals surface area contributed by atoms with Crippen molar-refractivity contribution in [3.05, 3.63) is 21.4 Å². The molecule has 0 radical (unpaired) electrons. The van der Waals surface area contributed by atoms with Gasteiger partial charge in [0.15, 0.2) is 0 Å². The molecule has 7 nitrogen and oxygen atoms in total. The van der Waals surface area contributed by atoms with Crippen LogP contribution in [0.4, 0.5) is 0 Å². The predicted molar refractivity (Wildman–Crippen MR) is 97.8 cm³/mol. The zero-order chi connectivity index (χ0) is 18.7. The van der Waals surface area contributed by atoms with Crippen molar-refractivity contribution in [3.63, 3.8) is 0 Å². The number of hydrogen-bond donors (Lipinski definition) is 2. The quantitative estimate of drug-likeness (QED) is 0.775. The fraction of sp³-hybridized carbons (Fsp3) is 0.667. The van der Waals surface area contributed by atoms with Gasteiger partial charge in [0.05, 0.1) is 24.6 Å². The lowest BCUT2D eigenvalue weighted by molar-refractivity contribution is -0.141. The molecule has 1 spiro atoms. The zero-order valence-corrected chi connectivity index (χ0v) is 16.1. The number of rotatable bonds is 6. The van der Waals surface area contributed by atoms with Gasteiger partial charge in [0, 0.05) is 31.1 Å². The van der Waals surface area contributed by atoms with Gasteiger partial charge in [0.2, 0.25) is 0 Å². The third-order valence-corrected chi connectivity index (χ3v) is 6.37. The van der Waals surface area contributed by atoms with E-state index in [2.05, 4.69) is 5.32 Å². The monoisotopic (exact) mass is 382 g/mol. The highest BCUT2D eigenvalue weighted by Gasteiger charge is 2.43. The van der Waals surface area contributed by atoms with Gasteiger partial charge in [-0.25, -0.2) is 0 Å². The first-order chi connectivity index (χ1) is 12.4. The third kappa shape index (κ3) is 4.09. The van der Waals surface area contributed by atoms with Crippen LogP contribution in [0.2, 0.25) is 0 Å². The van der Waals surface area contributed by atoms with Crippen molar-refractivity contribution in [2.24, 2.45) is 0 Å². The lowest BCUT2D eigenvalue weighted by atomic mass is 9.85. The van der Waals surface area contributed by atoms with E-state index in [1.54, 1.807) is 7.11 Å². The first kappa shape index (κ1) is 19.3. The van der Waals surface area contributed by atoms with E-state index in [1.807, 2.05) is 17.9 Å². The van der Waals surface area contributed by atoms with Crippen LogP contribution >= 0.6 is 11.3 Å². The number of ether oxygens (including phenoxy) is 2. The number of aliphatic carboxylic acids is 1. The number of fused-ring (bicyclic) bond motifs is 2. The number of likely N-dealkylation sites (tertiary alicyclic amines) is 1. The van der Waals surface area contributed by atoms with E-state index in [0.717, 1.165) is 24.1 Å². The number of methoxy groups -OCH3 is 1. The van der Waals surface area contributed by atoms with Crippen LogP contribution in [0.25, 0.3) is 0 Å². The predicted octanol–water partition coefficient (Wildman–Crippen LogP) is 1.46. The Hall–Kier alpha value is -1.48.